The van der Waals surface area contributed by atoms with Crippen molar-refractivity contribution in [3.8, 4) is 5.75 Å². The number of carbonyl (C=O) groups excluding carboxylic acids is 1. The van der Waals surface area contributed by atoms with Gasteiger partial charge in [0.15, 0.2) is 6.61 Å². The molecule has 3 rings (SSSR count). The van der Waals surface area contributed by atoms with E-state index in [1.54, 1.807) is 0 Å². The van der Waals surface area contributed by atoms with E-state index in [1.165, 1.54) is 24.9 Å². The van der Waals surface area contributed by atoms with Gasteiger partial charge < -0.3 is 15.0 Å². The zero-order valence-corrected chi connectivity index (χ0v) is 17.0. The fourth-order valence-corrected chi connectivity index (χ4v) is 3.66. The molecule has 0 aromatic heterocycles. The van der Waals surface area contributed by atoms with Crippen LogP contribution in [0.3, 0.4) is 0 Å². The molecule has 1 saturated heterocycles. The van der Waals surface area contributed by atoms with Gasteiger partial charge in [-0.25, -0.2) is 0 Å². The van der Waals surface area contributed by atoms with Gasteiger partial charge in [-0.05, 0) is 87.6 Å². The Morgan fingerprint density at radius 3 is 2.48 bits per heavy atom. The molecule has 0 unspecified atom stereocenters. The Kier molecular flexibility index (Phi) is 6.27. The Labute approximate surface area is 166 Å². The molecule has 1 aliphatic heterocycles. The molecule has 1 fully saturated rings. The third-order valence-corrected chi connectivity index (χ3v) is 5.66. The maximum absolute atomic E-state index is 12.2. The normalized spacial score (nSPS) is 16.9. The molecule has 0 radical (unpaired) electrons. The van der Waals surface area contributed by atoms with Crippen LogP contribution in [0.15, 0.2) is 36.4 Å². The van der Waals surface area contributed by atoms with Gasteiger partial charge in [0.2, 0.25) is 0 Å². The van der Waals surface area contributed by atoms with Crippen LogP contribution >= 0.6 is 11.6 Å². The first-order valence-electron chi connectivity index (χ1n) is 9.50. The van der Waals surface area contributed by atoms with E-state index >= 15 is 0 Å². The average Bonchev–Trinajstić information content (AvgIpc) is 2.65. The second-order valence-corrected chi connectivity index (χ2v) is 7.67. The summed E-state index contributed by atoms with van der Waals surface area (Å²) in [5.41, 5.74) is 3.87. The number of hydrogen-bond donors (Lipinski definition) is 1. The number of anilines is 2. The van der Waals surface area contributed by atoms with Gasteiger partial charge in [0, 0.05) is 29.0 Å². The first-order valence-corrected chi connectivity index (χ1v) is 9.88. The Morgan fingerprint density at radius 1 is 1.19 bits per heavy atom. The van der Waals surface area contributed by atoms with Crippen molar-refractivity contribution in [1.82, 2.24) is 0 Å². The molecule has 27 heavy (non-hydrogen) atoms. The van der Waals surface area contributed by atoms with Crippen LogP contribution in [0.5, 0.6) is 5.75 Å². The number of rotatable bonds is 5. The Hall–Kier alpha value is -2.20. The highest BCUT2D eigenvalue weighted by atomic mass is 35.5. The number of nitrogens with one attached hydrogen (secondary N) is 1. The molecule has 1 amide bonds. The third-order valence-electron chi connectivity index (χ3n) is 5.07. The van der Waals surface area contributed by atoms with Crippen molar-refractivity contribution in [2.75, 3.05) is 23.4 Å². The van der Waals surface area contributed by atoms with Gasteiger partial charge in [-0.15, -0.1) is 0 Å². The van der Waals surface area contributed by atoms with E-state index in [2.05, 4.69) is 29.3 Å². The van der Waals surface area contributed by atoms with Crippen molar-refractivity contribution >= 4 is 28.9 Å². The number of halogens is 1. The zero-order valence-electron chi connectivity index (χ0n) is 16.2. The number of aryl methyl sites for hydroxylation is 2. The maximum atomic E-state index is 12.2. The molecule has 0 spiro atoms. The average molecular weight is 387 g/mol. The summed E-state index contributed by atoms with van der Waals surface area (Å²) < 4.78 is 5.61. The van der Waals surface area contributed by atoms with E-state index in [1.807, 2.05) is 38.1 Å². The van der Waals surface area contributed by atoms with E-state index in [-0.39, 0.29) is 12.5 Å². The molecule has 5 heteroatoms. The Morgan fingerprint density at radius 2 is 1.85 bits per heavy atom. The smallest absolute Gasteiger partial charge is 0.262 e. The summed E-state index contributed by atoms with van der Waals surface area (Å²) in [6.07, 6.45) is 3.78. The molecule has 4 nitrogen and oxygen atoms in total. The second-order valence-electron chi connectivity index (χ2n) is 7.29. The van der Waals surface area contributed by atoms with Crippen LogP contribution in [0.4, 0.5) is 11.4 Å². The third kappa shape index (κ3) is 4.95. The fourth-order valence-electron chi connectivity index (χ4n) is 3.55. The highest BCUT2D eigenvalue weighted by Crippen LogP contribution is 2.27. The minimum atomic E-state index is -0.181. The first kappa shape index (κ1) is 19.6. The summed E-state index contributed by atoms with van der Waals surface area (Å²) in [7, 11) is 0. The van der Waals surface area contributed by atoms with Crippen LogP contribution in [-0.2, 0) is 4.79 Å². The molecule has 0 aliphatic carbocycles. The summed E-state index contributed by atoms with van der Waals surface area (Å²) in [5, 5.41) is 3.62. The SMILES string of the molecule is Cc1cc(OCC(=O)Nc2ccc(N3CCCC[C@@H]3C)cc2)cc(C)c1Cl. The number of hydrogen-bond acceptors (Lipinski definition) is 3. The molecule has 2 aromatic rings. The highest BCUT2D eigenvalue weighted by Gasteiger charge is 2.18. The van der Waals surface area contributed by atoms with Gasteiger partial charge in [-0.2, -0.15) is 0 Å². The van der Waals surface area contributed by atoms with E-state index in [4.69, 9.17) is 16.3 Å². The van der Waals surface area contributed by atoms with Gasteiger partial charge in [-0.3, -0.25) is 4.79 Å². The largest absolute Gasteiger partial charge is 0.484 e. The predicted octanol–water partition coefficient (Wildman–Crippen LogP) is 5.35. The van der Waals surface area contributed by atoms with E-state index in [0.29, 0.717) is 11.8 Å². The fraction of sp³-hybridized carbons (Fsp3) is 0.409. The van der Waals surface area contributed by atoms with Gasteiger partial charge in [0.25, 0.3) is 5.91 Å². The van der Waals surface area contributed by atoms with Crippen molar-refractivity contribution in [2.45, 2.75) is 46.1 Å². The molecular weight excluding hydrogens is 360 g/mol. The molecular formula is C22H27ClN2O2. The molecule has 1 N–H and O–H groups in total. The second kappa shape index (κ2) is 8.66. The van der Waals surface area contributed by atoms with Crippen molar-refractivity contribution in [1.29, 1.82) is 0 Å². The van der Waals surface area contributed by atoms with E-state index in [9.17, 15) is 4.79 Å². The summed E-state index contributed by atoms with van der Waals surface area (Å²) in [4.78, 5) is 14.6. The van der Waals surface area contributed by atoms with Crippen LogP contribution in [0.1, 0.15) is 37.3 Å². The monoisotopic (exact) mass is 386 g/mol. The lowest BCUT2D eigenvalue weighted by molar-refractivity contribution is -0.118. The minimum Gasteiger partial charge on any atom is -0.484 e. The molecule has 144 valence electrons. The Bertz CT molecular complexity index is 781. The maximum Gasteiger partial charge on any atom is 0.262 e. The van der Waals surface area contributed by atoms with E-state index in [0.717, 1.165) is 28.4 Å². The summed E-state index contributed by atoms with van der Waals surface area (Å²) in [5.74, 6) is 0.471. The Balaban J connectivity index is 1.55. The summed E-state index contributed by atoms with van der Waals surface area (Å²) in [6.45, 7) is 7.18. The lowest BCUT2D eigenvalue weighted by atomic mass is 10.0. The van der Waals surface area contributed by atoms with Crippen LogP contribution in [-0.4, -0.2) is 25.1 Å². The van der Waals surface area contributed by atoms with E-state index < -0.39 is 0 Å². The molecule has 1 atom stereocenters. The molecule has 0 bridgehead atoms. The van der Waals surface area contributed by atoms with Crippen LogP contribution in [0.25, 0.3) is 0 Å². The van der Waals surface area contributed by atoms with Crippen LogP contribution in [0, 0.1) is 13.8 Å². The number of carbonyl (C=O) groups is 1. The number of piperidine rings is 1. The first-order chi connectivity index (χ1) is 12.9. The van der Waals surface area contributed by atoms with Gasteiger partial charge in [0.05, 0.1) is 0 Å². The number of amides is 1. The predicted molar refractivity (Wildman–Crippen MR) is 112 cm³/mol. The number of ether oxygens (including phenoxy) is 1. The standard InChI is InChI=1S/C22H27ClN2O2/c1-15-12-20(13-16(2)22(15)23)27-14-21(26)24-18-7-9-19(10-8-18)25-11-5-4-6-17(25)3/h7-10,12-13,17H,4-6,11,14H2,1-3H3,(H,24,26)/t17-/m0/s1. The highest BCUT2D eigenvalue weighted by molar-refractivity contribution is 6.32. The topological polar surface area (TPSA) is 41.6 Å². The van der Waals surface area contributed by atoms with Gasteiger partial charge in [0.1, 0.15) is 5.75 Å². The summed E-state index contributed by atoms with van der Waals surface area (Å²) in [6, 6.07) is 12.3. The number of benzene rings is 2. The van der Waals surface area contributed by atoms with Crippen molar-refractivity contribution in [2.24, 2.45) is 0 Å². The van der Waals surface area contributed by atoms with Crippen LogP contribution < -0.4 is 15.0 Å². The lowest BCUT2D eigenvalue weighted by Gasteiger charge is -2.35. The van der Waals surface area contributed by atoms with Crippen molar-refractivity contribution < 1.29 is 9.53 Å². The molecule has 1 heterocycles. The minimum absolute atomic E-state index is 0.0363. The van der Waals surface area contributed by atoms with Gasteiger partial charge >= 0.3 is 0 Å². The molecule has 0 saturated carbocycles. The molecule has 1 aliphatic rings. The van der Waals surface area contributed by atoms with Gasteiger partial charge in [-0.1, -0.05) is 11.6 Å². The van der Waals surface area contributed by atoms with Crippen molar-refractivity contribution in [3.63, 3.8) is 0 Å². The number of nitrogens with zero attached hydrogens (tertiary/aromatic N) is 1. The quantitative estimate of drug-likeness (QED) is 0.752. The van der Waals surface area contributed by atoms with Crippen LogP contribution in [0.2, 0.25) is 5.02 Å². The summed E-state index contributed by atoms with van der Waals surface area (Å²) >= 11 is 6.16. The van der Waals surface area contributed by atoms with Crippen molar-refractivity contribution in [3.05, 3.63) is 52.5 Å². The zero-order chi connectivity index (χ0) is 19.4. The lowest BCUT2D eigenvalue weighted by Crippen LogP contribution is -2.37. The molecule has 2 aromatic carbocycles.